The molecule has 0 aromatic heterocycles. The molecule has 2 amide bonds. The monoisotopic (exact) mass is 554 g/mol. The predicted octanol–water partition coefficient (Wildman–Crippen LogP) is 6.20. The molecule has 0 radical (unpaired) electrons. The van der Waals surface area contributed by atoms with Crippen LogP contribution >= 0.6 is 23.5 Å². The highest BCUT2D eigenvalue weighted by molar-refractivity contribution is 7.99. The molecule has 0 saturated carbocycles. The van der Waals surface area contributed by atoms with Crippen LogP contribution in [-0.4, -0.2) is 72.4 Å². The van der Waals surface area contributed by atoms with E-state index in [0.29, 0.717) is 13.1 Å². The van der Waals surface area contributed by atoms with Crippen LogP contribution in [0.15, 0.2) is 58.3 Å². The summed E-state index contributed by atoms with van der Waals surface area (Å²) in [6.07, 6.45) is 9.51. The van der Waals surface area contributed by atoms with E-state index in [1.165, 1.54) is 38.5 Å². The van der Waals surface area contributed by atoms with Gasteiger partial charge in [0, 0.05) is 9.79 Å². The minimum atomic E-state index is 0.0815. The van der Waals surface area contributed by atoms with Crippen LogP contribution in [0.4, 0.5) is 11.4 Å². The van der Waals surface area contributed by atoms with Gasteiger partial charge in [0.25, 0.3) is 0 Å². The molecule has 2 aliphatic heterocycles. The number of piperidine rings is 2. The second-order valence-corrected chi connectivity index (χ2v) is 12.4. The highest BCUT2D eigenvalue weighted by Crippen LogP contribution is 2.30. The molecule has 2 aromatic carbocycles. The largest absolute Gasteiger partial charge is 0.324 e. The van der Waals surface area contributed by atoms with Crippen molar-refractivity contribution in [3.63, 3.8) is 0 Å². The number of rotatable bonds is 13. The number of hydrogen-bond acceptors (Lipinski definition) is 6. The average Bonchev–Trinajstić information content (AvgIpc) is 2.93. The van der Waals surface area contributed by atoms with E-state index in [-0.39, 0.29) is 11.8 Å². The zero-order valence-corrected chi connectivity index (χ0v) is 24.1. The molecular weight excluding hydrogens is 512 g/mol. The number of likely N-dealkylation sites (tertiary alicyclic amines) is 2. The third-order valence-corrected chi connectivity index (χ3v) is 9.33. The number of nitrogens with one attached hydrogen (secondary N) is 2. The topological polar surface area (TPSA) is 64.7 Å². The Balaban J connectivity index is 1.16. The Hall–Kier alpha value is -2.00. The summed E-state index contributed by atoms with van der Waals surface area (Å²) in [5.41, 5.74) is 1.84. The van der Waals surface area contributed by atoms with E-state index in [1.54, 1.807) is 0 Å². The van der Waals surface area contributed by atoms with Gasteiger partial charge >= 0.3 is 0 Å². The summed E-state index contributed by atoms with van der Waals surface area (Å²) in [6, 6.07) is 16.2. The Morgan fingerprint density at radius 2 is 1.00 bits per heavy atom. The van der Waals surface area contributed by atoms with Crippen molar-refractivity contribution in [1.29, 1.82) is 0 Å². The van der Waals surface area contributed by atoms with Crippen LogP contribution < -0.4 is 10.6 Å². The minimum Gasteiger partial charge on any atom is -0.324 e. The molecule has 2 N–H and O–H groups in total. The number of nitrogens with zero attached hydrogens (tertiary/aromatic N) is 2. The maximum absolute atomic E-state index is 12.6. The van der Waals surface area contributed by atoms with Gasteiger partial charge in [-0.15, -0.1) is 23.5 Å². The van der Waals surface area contributed by atoms with Crippen LogP contribution in [0.1, 0.15) is 51.4 Å². The fourth-order valence-electron chi connectivity index (χ4n) is 4.98. The van der Waals surface area contributed by atoms with Crippen LogP contribution in [-0.2, 0) is 9.59 Å². The van der Waals surface area contributed by atoms with Crippen LogP contribution in [0.2, 0.25) is 0 Å². The zero-order valence-electron chi connectivity index (χ0n) is 22.5. The number of thioether (sulfide) groups is 2. The van der Waals surface area contributed by atoms with E-state index in [1.807, 2.05) is 59.9 Å². The highest BCUT2D eigenvalue weighted by Gasteiger charge is 2.16. The van der Waals surface area contributed by atoms with E-state index >= 15 is 0 Å². The molecule has 38 heavy (non-hydrogen) atoms. The van der Waals surface area contributed by atoms with Crippen LogP contribution in [0.25, 0.3) is 0 Å². The summed E-state index contributed by atoms with van der Waals surface area (Å²) in [7, 11) is 0. The van der Waals surface area contributed by atoms with Gasteiger partial charge in [-0.3, -0.25) is 19.4 Å². The van der Waals surface area contributed by atoms with Gasteiger partial charge in [0.15, 0.2) is 0 Å². The normalized spacial score (nSPS) is 16.7. The fourth-order valence-corrected chi connectivity index (χ4v) is 7.02. The first-order valence-corrected chi connectivity index (χ1v) is 16.1. The first-order valence-electron chi connectivity index (χ1n) is 14.2. The van der Waals surface area contributed by atoms with E-state index in [4.69, 9.17) is 0 Å². The van der Waals surface area contributed by atoms with E-state index in [2.05, 4.69) is 32.6 Å². The lowest BCUT2D eigenvalue weighted by molar-refractivity contribution is -0.118. The third kappa shape index (κ3) is 9.95. The second kappa shape index (κ2) is 16.2. The molecule has 0 spiro atoms. The van der Waals surface area contributed by atoms with Gasteiger partial charge in [-0.25, -0.2) is 0 Å². The highest BCUT2D eigenvalue weighted by atomic mass is 32.2. The Morgan fingerprint density at radius 1 is 0.605 bits per heavy atom. The Kier molecular flexibility index (Phi) is 12.3. The van der Waals surface area contributed by atoms with E-state index < -0.39 is 0 Å². The van der Waals surface area contributed by atoms with Crippen molar-refractivity contribution >= 4 is 46.7 Å². The molecule has 8 heteroatoms. The minimum absolute atomic E-state index is 0.0815. The summed E-state index contributed by atoms with van der Waals surface area (Å²) < 4.78 is 0. The quantitative estimate of drug-likeness (QED) is 0.227. The first-order chi connectivity index (χ1) is 18.7. The SMILES string of the molecule is O=C(CN1CCCCC1)Nc1ccccc1SCCCCSc1ccccc1NC(=O)CN1CCCCC1. The van der Waals surface area contributed by atoms with Crippen molar-refractivity contribution in [2.75, 3.05) is 61.4 Å². The summed E-state index contributed by atoms with van der Waals surface area (Å²) >= 11 is 3.62. The lowest BCUT2D eigenvalue weighted by Crippen LogP contribution is -2.36. The first kappa shape index (κ1) is 29.0. The molecule has 2 aliphatic rings. The van der Waals surface area contributed by atoms with Crippen molar-refractivity contribution in [3.8, 4) is 0 Å². The lowest BCUT2D eigenvalue weighted by Gasteiger charge is -2.25. The zero-order chi connectivity index (χ0) is 26.4. The summed E-state index contributed by atoms with van der Waals surface area (Å²) in [5, 5.41) is 6.27. The van der Waals surface area contributed by atoms with Crippen molar-refractivity contribution in [2.24, 2.45) is 0 Å². The molecule has 2 saturated heterocycles. The molecule has 0 unspecified atom stereocenters. The number of anilines is 2. The number of hydrogen-bond donors (Lipinski definition) is 2. The van der Waals surface area contributed by atoms with E-state index in [0.717, 1.165) is 71.7 Å². The van der Waals surface area contributed by atoms with Crippen LogP contribution in [0, 0.1) is 0 Å². The summed E-state index contributed by atoms with van der Waals surface area (Å²) in [4.78, 5) is 31.9. The Bertz CT molecular complexity index is 941. The molecule has 2 fully saturated rings. The van der Waals surface area contributed by atoms with Crippen molar-refractivity contribution in [3.05, 3.63) is 48.5 Å². The number of carbonyl (C=O) groups excluding carboxylic acids is 2. The predicted molar refractivity (Wildman–Crippen MR) is 161 cm³/mol. The number of unbranched alkanes of at least 4 members (excludes halogenated alkanes) is 1. The smallest absolute Gasteiger partial charge is 0.238 e. The maximum atomic E-state index is 12.6. The molecule has 2 heterocycles. The van der Waals surface area contributed by atoms with Crippen LogP contribution in [0.5, 0.6) is 0 Å². The van der Waals surface area contributed by atoms with Gasteiger partial charge in [0.1, 0.15) is 0 Å². The molecule has 4 rings (SSSR count). The van der Waals surface area contributed by atoms with Gasteiger partial charge in [-0.05, 0) is 100 Å². The van der Waals surface area contributed by atoms with Crippen molar-refractivity contribution in [1.82, 2.24) is 9.80 Å². The number of amides is 2. The number of benzene rings is 2. The van der Waals surface area contributed by atoms with Crippen molar-refractivity contribution < 1.29 is 9.59 Å². The molecule has 2 aromatic rings. The number of para-hydroxylation sites is 2. The molecule has 0 atom stereocenters. The molecular formula is C30H42N4O2S2. The third-order valence-electron chi connectivity index (χ3n) is 7.01. The number of carbonyl (C=O) groups is 2. The second-order valence-electron chi connectivity index (χ2n) is 10.2. The lowest BCUT2D eigenvalue weighted by atomic mass is 10.1. The molecule has 206 valence electrons. The van der Waals surface area contributed by atoms with E-state index in [9.17, 15) is 9.59 Å². The van der Waals surface area contributed by atoms with Gasteiger partial charge in [0.05, 0.1) is 24.5 Å². The molecule has 6 nitrogen and oxygen atoms in total. The summed E-state index contributed by atoms with van der Waals surface area (Å²) in [5.74, 6) is 2.18. The molecule has 0 bridgehead atoms. The fraction of sp³-hybridized carbons (Fsp3) is 0.533. The average molecular weight is 555 g/mol. The maximum Gasteiger partial charge on any atom is 0.238 e. The Labute approximate surface area is 236 Å². The van der Waals surface area contributed by atoms with Gasteiger partial charge in [-0.2, -0.15) is 0 Å². The summed E-state index contributed by atoms with van der Waals surface area (Å²) in [6.45, 7) is 5.07. The van der Waals surface area contributed by atoms with Gasteiger partial charge in [0.2, 0.25) is 11.8 Å². The van der Waals surface area contributed by atoms with Crippen molar-refractivity contribution in [2.45, 2.75) is 61.2 Å². The van der Waals surface area contributed by atoms with Crippen LogP contribution in [0.3, 0.4) is 0 Å². The standard InChI is InChI=1S/C30H42N4O2S2/c35-29(23-33-17-7-1-8-18-33)31-25-13-3-5-15-27(25)37-21-11-12-22-38-28-16-6-4-14-26(28)32-30(36)24-34-19-9-2-10-20-34/h3-6,13-16H,1-2,7-12,17-24H2,(H,31,35)(H,32,36). The van der Waals surface area contributed by atoms with Gasteiger partial charge < -0.3 is 10.6 Å². The van der Waals surface area contributed by atoms with Gasteiger partial charge in [-0.1, -0.05) is 37.1 Å². The Morgan fingerprint density at radius 3 is 1.42 bits per heavy atom. The molecule has 0 aliphatic carbocycles.